The van der Waals surface area contributed by atoms with Crippen LogP contribution in [0.1, 0.15) is 73.1 Å². The Hall–Kier alpha value is -1.30. The number of hydrogen-bond donors (Lipinski definition) is 1. The number of esters is 1. The fourth-order valence-electron chi connectivity index (χ4n) is 5.68. The molecule has 0 bridgehead atoms. The molecule has 2 unspecified atom stereocenters. The minimum Gasteiger partial charge on any atom is -0.466 e. The average Bonchev–Trinajstić information content (AvgIpc) is 3.04. The standard InChI is InChI=1S/C21H35NO5/c1-6-26-18(23)16-15(20(16,2)3)17-14(12-13-10-8-7-9-11-13)22(19(24)25)21(4,5)27-17/h13-17H,6-12H2,1-5H3,(H,24,25)/t14-,15?,16?,17-/m0/s1. The molecule has 1 aliphatic heterocycles. The van der Waals surface area contributed by atoms with Crippen LogP contribution in [0.3, 0.4) is 0 Å². The third-order valence-electron chi connectivity index (χ3n) is 7.03. The van der Waals surface area contributed by atoms with E-state index >= 15 is 0 Å². The number of nitrogens with zero attached hydrogens (tertiary/aromatic N) is 1. The highest BCUT2D eigenvalue weighted by Gasteiger charge is 2.70. The largest absolute Gasteiger partial charge is 0.466 e. The molecule has 3 fully saturated rings. The maximum absolute atomic E-state index is 12.5. The number of carbonyl (C=O) groups excluding carboxylic acids is 1. The number of rotatable bonds is 5. The zero-order valence-electron chi connectivity index (χ0n) is 17.4. The zero-order chi connectivity index (χ0) is 20.0. The van der Waals surface area contributed by atoms with E-state index in [4.69, 9.17) is 9.47 Å². The normalized spacial score (nSPS) is 35.1. The minimum absolute atomic E-state index is 0.00577. The van der Waals surface area contributed by atoms with Gasteiger partial charge in [-0.25, -0.2) is 4.79 Å². The quantitative estimate of drug-likeness (QED) is 0.720. The molecule has 0 aromatic rings. The number of amides is 1. The monoisotopic (exact) mass is 381 g/mol. The minimum atomic E-state index is -0.936. The fraction of sp³-hybridized carbons (Fsp3) is 0.905. The lowest BCUT2D eigenvalue weighted by atomic mass is 9.82. The Morgan fingerprint density at radius 1 is 1.15 bits per heavy atom. The van der Waals surface area contributed by atoms with Gasteiger partial charge in [0.1, 0.15) is 5.72 Å². The van der Waals surface area contributed by atoms with Crippen LogP contribution >= 0.6 is 0 Å². The number of hydrogen-bond acceptors (Lipinski definition) is 4. The van der Waals surface area contributed by atoms with Gasteiger partial charge in [0.15, 0.2) is 0 Å². The van der Waals surface area contributed by atoms with E-state index in [-0.39, 0.29) is 35.4 Å². The Morgan fingerprint density at radius 2 is 1.78 bits per heavy atom. The summed E-state index contributed by atoms with van der Waals surface area (Å²) in [6, 6.07) is -0.204. The lowest BCUT2D eigenvalue weighted by Crippen LogP contribution is -2.48. The molecule has 2 aliphatic carbocycles. The van der Waals surface area contributed by atoms with E-state index in [1.54, 1.807) is 0 Å². The van der Waals surface area contributed by atoms with Gasteiger partial charge in [0.05, 0.1) is 24.7 Å². The highest BCUT2D eigenvalue weighted by Crippen LogP contribution is 2.63. The first-order chi connectivity index (χ1) is 12.6. The molecule has 0 aromatic heterocycles. The smallest absolute Gasteiger partial charge is 0.409 e. The van der Waals surface area contributed by atoms with Crippen LogP contribution in [0.15, 0.2) is 0 Å². The molecule has 1 heterocycles. The van der Waals surface area contributed by atoms with Gasteiger partial charge in [-0.3, -0.25) is 9.69 Å². The summed E-state index contributed by atoms with van der Waals surface area (Å²) in [5.74, 6) is 0.127. The average molecular weight is 382 g/mol. The Morgan fingerprint density at radius 3 is 2.33 bits per heavy atom. The molecule has 3 rings (SSSR count). The van der Waals surface area contributed by atoms with Gasteiger partial charge in [0.2, 0.25) is 0 Å². The molecule has 4 atom stereocenters. The summed E-state index contributed by atoms with van der Waals surface area (Å²) in [6.45, 7) is 9.96. The van der Waals surface area contributed by atoms with E-state index in [2.05, 4.69) is 13.8 Å². The molecule has 1 saturated heterocycles. The summed E-state index contributed by atoms with van der Waals surface area (Å²) in [4.78, 5) is 26.0. The highest BCUT2D eigenvalue weighted by molar-refractivity contribution is 5.78. The van der Waals surface area contributed by atoms with Crippen molar-refractivity contribution in [2.75, 3.05) is 6.61 Å². The zero-order valence-corrected chi connectivity index (χ0v) is 17.4. The van der Waals surface area contributed by atoms with Gasteiger partial charge in [-0.15, -0.1) is 0 Å². The molecule has 3 aliphatic rings. The van der Waals surface area contributed by atoms with Crippen LogP contribution in [0, 0.1) is 23.2 Å². The van der Waals surface area contributed by atoms with Crippen LogP contribution in [0.4, 0.5) is 4.79 Å². The van der Waals surface area contributed by atoms with Gasteiger partial charge in [-0.1, -0.05) is 46.0 Å². The van der Waals surface area contributed by atoms with E-state index in [1.807, 2.05) is 20.8 Å². The first-order valence-corrected chi connectivity index (χ1v) is 10.5. The summed E-state index contributed by atoms with van der Waals surface area (Å²) in [5.41, 5.74) is -1.11. The second kappa shape index (κ2) is 7.26. The van der Waals surface area contributed by atoms with Gasteiger partial charge in [0.25, 0.3) is 0 Å². The second-order valence-corrected chi connectivity index (χ2v) is 9.57. The fourth-order valence-corrected chi connectivity index (χ4v) is 5.68. The van der Waals surface area contributed by atoms with Crippen LogP contribution in [0.5, 0.6) is 0 Å². The molecule has 6 heteroatoms. The predicted octanol–water partition coefficient (Wildman–Crippen LogP) is 4.28. The van der Waals surface area contributed by atoms with E-state index in [0.717, 1.165) is 19.3 Å². The molecule has 27 heavy (non-hydrogen) atoms. The van der Waals surface area contributed by atoms with Crippen molar-refractivity contribution >= 4 is 12.1 Å². The summed E-state index contributed by atoms with van der Waals surface area (Å²) in [6.07, 6.45) is 5.66. The van der Waals surface area contributed by atoms with Crippen molar-refractivity contribution < 1.29 is 24.2 Å². The lowest BCUT2D eigenvalue weighted by Gasteiger charge is -2.34. The first kappa shape index (κ1) is 20.4. The lowest BCUT2D eigenvalue weighted by molar-refractivity contribution is -0.146. The van der Waals surface area contributed by atoms with Crippen LogP contribution in [0.2, 0.25) is 0 Å². The second-order valence-electron chi connectivity index (χ2n) is 9.57. The van der Waals surface area contributed by atoms with Gasteiger partial charge in [-0.05, 0) is 38.5 Å². The van der Waals surface area contributed by atoms with Gasteiger partial charge in [0, 0.05) is 5.92 Å². The Bertz CT molecular complexity index is 581. The summed E-state index contributed by atoms with van der Waals surface area (Å²) >= 11 is 0. The molecule has 154 valence electrons. The molecular formula is C21H35NO5. The van der Waals surface area contributed by atoms with E-state index < -0.39 is 11.8 Å². The number of carboxylic acid groups (broad SMARTS) is 1. The SMILES string of the molecule is CCOC(=O)C1C([C@H]2OC(C)(C)N(C(=O)O)[C@H]2CC2CCCCC2)C1(C)C. The van der Waals surface area contributed by atoms with E-state index in [0.29, 0.717) is 12.5 Å². The predicted molar refractivity (Wildman–Crippen MR) is 101 cm³/mol. The van der Waals surface area contributed by atoms with Crippen LogP contribution in [-0.2, 0) is 14.3 Å². The summed E-state index contributed by atoms with van der Waals surface area (Å²) in [5, 5.41) is 9.91. The van der Waals surface area contributed by atoms with Crippen molar-refractivity contribution in [1.82, 2.24) is 4.90 Å². The number of ether oxygens (including phenoxy) is 2. The Labute approximate surface area is 162 Å². The van der Waals surface area contributed by atoms with Crippen molar-refractivity contribution in [1.29, 1.82) is 0 Å². The molecular weight excluding hydrogens is 346 g/mol. The maximum Gasteiger partial charge on any atom is 0.409 e. The van der Waals surface area contributed by atoms with Crippen LogP contribution in [-0.4, -0.2) is 46.5 Å². The van der Waals surface area contributed by atoms with Crippen molar-refractivity contribution in [2.45, 2.75) is 91.0 Å². The molecule has 6 nitrogen and oxygen atoms in total. The summed E-state index contributed by atoms with van der Waals surface area (Å²) < 4.78 is 11.6. The van der Waals surface area contributed by atoms with Crippen molar-refractivity contribution in [3.05, 3.63) is 0 Å². The molecule has 0 radical (unpaired) electrons. The van der Waals surface area contributed by atoms with Gasteiger partial charge in [-0.2, -0.15) is 0 Å². The van der Waals surface area contributed by atoms with E-state index in [1.165, 1.54) is 24.2 Å². The van der Waals surface area contributed by atoms with Crippen molar-refractivity contribution in [3.8, 4) is 0 Å². The molecule has 0 aromatic carbocycles. The molecule has 0 spiro atoms. The first-order valence-electron chi connectivity index (χ1n) is 10.5. The van der Waals surface area contributed by atoms with Crippen molar-refractivity contribution in [2.24, 2.45) is 23.2 Å². The van der Waals surface area contributed by atoms with Crippen LogP contribution < -0.4 is 0 Å². The third kappa shape index (κ3) is 3.69. The summed E-state index contributed by atoms with van der Waals surface area (Å²) in [7, 11) is 0. The maximum atomic E-state index is 12.5. The Balaban J connectivity index is 1.85. The molecule has 2 saturated carbocycles. The molecule has 1 N–H and O–H groups in total. The topological polar surface area (TPSA) is 76.1 Å². The third-order valence-corrected chi connectivity index (χ3v) is 7.03. The van der Waals surface area contributed by atoms with Gasteiger partial charge >= 0.3 is 12.1 Å². The highest BCUT2D eigenvalue weighted by atomic mass is 16.6. The molecule has 1 amide bonds. The number of carbonyl (C=O) groups is 2. The van der Waals surface area contributed by atoms with Gasteiger partial charge < -0.3 is 14.6 Å². The van der Waals surface area contributed by atoms with Crippen LogP contribution in [0.25, 0.3) is 0 Å². The van der Waals surface area contributed by atoms with Crippen molar-refractivity contribution in [3.63, 3.8) is 0 Å². The van der Waals surface area contributed by atoms with E-state index in [9.17, 15) is 14.7 Å². The Kier molecular flexibility index (Phi) is 5.50.